The molecule has 0 saturated heterocycles. The molecule has 6 rings (SSSR count). The van der Waals surface area contributed by atoms with Crippen LogP contribution in [0.2, 0.25) is 0 Å². The maximum absolute atomic E-state index is 12.6. The highest BCUT2D eigenvalue weighted by Gasteiger charge is 2.21. The van der Waals surface area contributed by atoms with Crippen LogP contribution in [0.5, 0.6) is 0 Å². The average molecular weight is 448 g/mol. The first kappa shape index (κ1) is 20.5. The Balaban J connectivity index is 1.29. The van der Waals surface area contributed by atoms with Gasteiger partial charge in [-0.15, -0.1) is 0 Å². The lowest BCUT2D eigenvalue weighted by molar-refractivity contribution is 0.0954. The smallest absolute Gasteiger partial charge is 0.251 e. The molecule has 34 heavy (non-hydrogen) atoms. The van der Waals surface area contributed by atoms with Crippen LogP contribution in [0.4, 0.5) is 0 Å². The summed E-state index contributed by atoms with van der Waals surface area (Å²) in [5.74, 6) is -0.0588. The molecule has 0 unspecified atom stereocenters. The van der Waals surface area contributed by atoms with Gasteiger partial charge in [-0.25, -0.2) is 4.98 Å². The summed E-state index contributed by atoms with van der Waals surface area (Å²) in [5, 5.41) is 12.7. The molecule has 5 aromatic rings. The second kappa shape index (κ2) is 8.71. The van der Waals surface area contributed by atoms with Crippen molar-refractivity contribution in [2.45, 2.75) is 32.1 Å². The first-order valence-electron chi connectivity index (χ1n) is 11.8. The average Bonchev–Trinajstić information content (AvgIpc) is 3.38. The first-order valence-corrected chi connectivity index (χ1v) is 11.8. The highest BCUT2D eigenvalue weighted by molar-refractivity contribution is 6.07. The monoisotopic (exact) mass is 447 g/mol. The second-order valence-electron chi connectivity index (χ2n) is 8.85. The van der Waals surface area contributed by atoms with Crippen LogP contribution < -0.4 is 5.32 Å². The van der Waals surface area contributed by atoms with Crippen LogP contribution in [0.25, 0.3) is 33.1 Å². The fourth-order valence-corrected chi connectivity index (χ4v) is 5.04. The largest absolute Gasteiger partial charge is 0.352 e. The fraction of sp³-hybridized carbons (Fsp3) is 0.214. The number of nitrogens with zero attached hydrogens (tertiary/aromatic N) is 3. The number of fused-ring (bicyclic) bond motifs is 5. The number of benzene rings is 2. The van der Waals surface area contributed by atoms with Crippen LogP contribution in [-0.4, -0.2) is 32.6 Å². The Hall–Kier alpha value is -4.06. The van der Waals surface area contributed by atoms with E-state index < -0.39 is 0 Å². The number of aromatic nitrogens is 4. The summed E-state index contributed by atoms with van der Waals surface area (Å²) in [6, 6.07) is 15.9. The Labute approximate surface area is 197 Å². The van der Waals surface area contributed by atoms with E-state index >= 15 is 0 Å². The van der Waals surface area contributed by atoms with Gasteiger partial charge in [0.15, 0.2) is 0 Å². The molecule has 1 amide bonds. The Kier molecular flexibility index (Phi) is 5.26. The second-order valence-corrected chi connectivity index (χ2v) is 8.85. The third kappa shape index (κ3) is 3.71. The molecule has 168 valence electrons. The molecule has 0 radical (unpaired) electrons. The zero-order valence-electron chi connectivity index (χ0n) is 18.8. The molecule has 3 aromatic heterocycles. The van der Waals surface area contributed by atoms with Crippen LogP contribution in [0.15, 0.2) is 67.1 Å². The van der Waals surface area contributed by atoms with Crippen LogP contribution in [-0.2, 0) is 19.3 Å². The molecule has 2 aromatic carbocycles. The molecule has 0 saturated carbocycles. The van der Waals surface area contributed by atoms with E-state index in [1.807, 2.05) is 42.6 Å². The lowest BCUT2D eigenvalue weighted by Gasteiger charge is -2.22. The normalized spacial score (nSPS) is 13.2. The first-order chi connectivity index (χ1) is 16.8. The standard InChI is InChI=1S/C28H25N5O/c34-28(30-16-13-18-11-14-29-15-12-18)20-7-5-19(6-8-20)27-22-4-2-1-3-21(22)26-23-17-31-33-24(23)9-10-25(26)32-27/h5-12,14-15,17H,1-4,13,16H2,(H,30,34)(H,31,33). The van der Waals surface area contributed by atoms with Crippen LogP contribution in [0, 0.1) is 0 Å². The number of hydrogen-bond donors (Lipinski definition) is 2. The van der Waals surface area contributed by atoms with Crippen molar-refractivity contribution < 1.29 is 4.79 Å². The number of carbonyl (C=O) groups is 1. The maximum atomic E-state index is 12.6. The van der Waals surface area contributed by atoms with E-state index in [0.29, 0.717) is 12.1 Å². The highest BCUT2D eigenvalue weighted by atomic mass is 16.1. The Morgan fingerprint density at radius 2 is 1.74 bits per heavy atom. The molecule has 0 atom stereocenters. The van der Waals surface area contributed by atoms with Gasteiger partial charge in [-0.3, -0.25) is 14.9 Å². The number of aryl methyl sites for hydroxylation is 1. The van der Waals surface area contributed by atoms with Gasteiger partial charge in [0.2, 0.25) is 0 Å². The van der Waals surface area contributed by atoms with Crippen molar-refractivity contribution >= 4 is 27.7 Å². The summed E-state index contributed by atoms with van der Waals surface area (Å²) in [4.78, 5) is 21.8. The zero-order valence-corrected chi connectivity index (χ0v) is 18.8. The minimum atomic E-state index is -0.0588. The minimum Gasteiger partial charge on any atom is -0.352 e. The molecular weight excluding hydrogens is 422 g/mol. The number of aromatic amines is 1. The third-order valence-corrected chi connectivity index (χ3v) is 6.76. The molecule has 6 heteroatoms. The summed E-state index contributed by atoms with van der Waals surface area (Å²) in [6.07, 6.45) is 10.7. The minimum absolute atomic E-state index is 0.0588. The van der Waals surface area contributed by atoms with Gasteiger partial charge in [0.25, 0.3) is 5.91 Å². The summed E-state index contributed by atoms with van der Waals surface area (Å²) in [6.45, 7) is 0.590. The van der Waals surface area contributed by atoms with Gasteiger partial charge in [0, 0.05) is 40.8 Å². The van der Waals surface area contributed by atoms with Gasteiger partial charge in [0.1, 0.15) is 0 Å². The Morgan fingerprint density at radius 1 is 0.941 bits per heavy atom. The summed E-state index contributed by atoms with van der Waals surface area (Å²) in [7, 11) is 0. The Bertz CT molecular complexity index is 1490. The van der Waals surface area contributed by atoms with Crippen molar-refractivity contribution in [3.8, 4) is 11.3 Å². The highest BCUT2D eigenvalue weighted by Crippen LogP contribution is 2.37. The molecule has 3 heterocycles. The predicted molar refractivity (Wildman–Crippen MR) is 134 cm³/mol. The van der Waals surface area contributed by atoms with Crippen molar-refractivity contribution in [2.24, 2.45) is 0 Å². The van der Waals surface area contributed by atoms with Gasteiger partial charge in [0.05, 0.1) is 22.9 Å². The molecule has 6 nitrogen and oxygen atoms in total. The predicted octanol–water partition coefficient (Wildman–Crippen LogP) is 5.02. The number of hydrogen-bond acceptors (Lipinski definition) is 4. The molecule has 0 fully saturated rings. The van der Waals surface area contributed by atoms with Crippen LogP contribution in [0.1, 0.15) is 39.9 Å². The molecule has 0 spiro atoms. The number of amides is 1. The van der Waals surface area contributed by atoms with Gasteiger partial charge in [-0.2, -0.15) is 5.10 Å². The van der Waals surface area contributed by atoms with Crippen molar-refractivity contribution in [3.05, 3.63) is 89.4 Å². The maximum Gasteiger partial charge on any atom is 0.251 e. The van der Waals surface area contributed by atoms with E-state index in [4.69, 9.17) is 4.98 Å². The van der Waals surface area contributed by atoms with Crippen molar-refractivity contribution in [1.82, 2.24) is 25.5 Å². The van der Waals surface area contributed by atoms with E-state index in [-0.39, 0.29) is 5.91 Å². The number of carbonyl (C=O) groups excluding carboxylic acids is 1. The number of H-pyrrole nitrogens is 1. The molecule has 2 N–H and O–H groups in total. The van der Waals surface area contributed by atoms with E-state index in [2.05, 4.69) is 32.6 Å². The Morgan fingerprint density at radius 3 is 2.56 bits per heavy atom. The van der Waals surface area contributed by atoms with Gasteiger partial charge in [-0.05, 0) is 85.2 Å². The zero-order chi connectivity index (χ0) is 22.9. The fourth-order valence-electron chi connectivity index (χ4n) is 5.04. The van der Waals surface area contributed by atoms with Gasteiger partial charge in [-0.1, -0.05) is 12.1 Å². The van der Waals surface area contributed by atoms with Crippen molar-refractivity contribution in [3.63, 3.8) is 0 Å². The third-order valence-electron chi connectivity index (χ3n) is 6.76. The summed E-state index contributed by atoms with van der Waals surface area (Å²) >= 11 is 0. The SMILES string of the molecule is O=C(NCCc1ccncc1)c1ccc(-c2nc3ccc4[nH]ncc4c3c3c2CCCC3)cc1. The van der Waals surface area contributed by atoms with Gasteiger partial charge >= 0.3 is 0 Å². The quantitative estimate of drug-likeness (QED) is 0.396. The molecule has 1 aliphatic carbocycles. The molecular formula is C28H25N5O. The van der Waals surface area contributed by atoms with Crippen LogP contribution in [0.3, 0.4) is 0 Å². The molecule has 0 aliphatic heterocycles. The lowest BCUT2D eigenvalue weighted by atomic mass is 9.85. The molecule has 1 aliphatic rings. The van der Waals surface area contributed by atoms with E-state index in [1.54, 1.807) is 12.4 Å². The lowest BCUT2D eigenvalue weighted by Crippen LogP contribution is -2.25. The van der Waals surface area contributed by atoms with Crippen molar-refractivity contribution in [1.29, 1.82) is 0 Å². The van der Waals surface area contributed by atoms with Crippen molar-refractivity contribution in [2.75, 3.05) is 6.54 Å². The topological polar surface area (TPSA) is 83.6 Å². The van der Waals surface area contributed by atoms with E-state index in [0.717, 1.165) is 52.5 Å². The van der Waals surface area contributed by atoms with E-state index in [9.17, 15) is 4.79 Å². The number of rotatable bonds is 5. The summed E-state index contributed by atoms with van der Waals surface area (Å²) < 4.78 is 0. The number of pyridine rings is 2. The van der Waals surface area contributed by atoms with Crippen LogP contribution >= 0.6 is 0 Å². The van der Waals surface area contributed by atoms with Gasteiger partial charge < -0.3 is 5.32 Å². The molecule has 0 bridgehead atoms. The van der Waals surface area contributed by atoms with E-state index in [1.165, 1.54) is 29.4 Å². The number of nitrogens with one attached hydrogen (secondary N) is 2. The summed E-state index contributed by atoms with van der Waals surface area (Å²) in [5.41, 5.74) is 8.70.